The SMILES string of the molecule is C=C(C)[C@@H]1CC[C@@]2(C)CCC[C@@](C)(N=C=S)[C@@H]2C1. The second-order valence-electron chi connectivity index (χ2n) is 6.94. The van der Waals surface area contributed by atoms with Gasteiger partial charge in [-0.1, -0.05) is 25.5 Å². The first-order valence-electron chi connectivity index (χ1n) is 7.16. The molecule has 0 radical (unpaired) electrons. The van der Waals surface area contributed by atoms with E-state index < -0.39 is 0 Å². The van der Waals surface area contributed by atoms with Crippen LogP contribution in [0.2, 0.25) is 0 Å². The molecule has 0 N–H and O–H groups in total. The molecule has 0 aromatic heterocycles. The first-order valence-corrected chi connectivity index (χ1v) is 7.56. The Bertz CT molecular complexity index is 396. The minimum Gasteiger partial charge on any atom is -0.226 e. The van der Waals surface area contributed by atoms with Crippen LogP contribution in [0.4, 0.5) is 0 Å². The number of hydrogen-bond donors (Lipinski definition) is 0. The van der Waals surface area contributed by atoms with Gasteiger partial charge in [-0.2, -0.15) is 0 Å². The van der Waals surface area contributed by atoms with Gasteiger partial charge < -0.3 is 0 Å². The van der Waals surface area contributed by atoms with Gasteiger partial charge >= 0.3 is 0 Å². The lowest BCUT2D eigenvalue weighted by atomic mass is 9.52. The van der Waals surface area contributed by atoms with Crippen molar-refractivity contribution >= 4 is 17.4 Å². The Morgan fingerprint density at radius 3 is 2.67 bits per heavy atom. The summed E-state index contributed by atoms with van der Waals surface area (Å²) in [5.41, 5.74) is 1.81. The van der Waals surface area contributed by atoms with Crippen LogP contribution in [0.1, 0.15) is 59.3 Å². The monoisotopic (exact) mass is 263 g/mol. The summed E-state index contributed by atoms with van der Waals surface area (Å²) < 4.78 is 0. The van der Waals surface area contributed by atoms with Gasteiger partial charge in [0.2, 0.25) is 0 Å². The van der Waals surface area contributed by atoms with Crippen LogP contribution in [-0.4, -0.2) is 10.7 Å². The first kappa shape index (κ1) is 14.0. The number of nitrogens with zero attached hydrogens (tertiary/aromatic N) is 1. The number of fused-ring (bicyclic) bond motifs is 1. The summed E-state index contributed by atoms with van der Waals surface area (Å²) >= 11 is 4.88. The van der Waals surface area contributed by atoms with E-state index in [2.05, 4.69) is 37.5 Å². The second-order valence-corrected chi connectivity index (χ2v) is 7.12. The smallest absolute Gasteiger partial charge is 0.0716 e. The minimum atomic E-state index is 0.0167. The molecule has 0 bridgehead atoms. The van der Waals surface area contributed by atoms with Gasteiger partial charge in [0.25, 0.3) is 0 Å². The predicted octanol–water partition coefficient (Wildman–Crippen LogP) is 5.03. The van der Waals surface area contributed by atoms with Gasteiger partial charge in [0.05, 0.1) is 10.7 Å². The molecule has 2 aliphatic carbocycles. The van der Waals surface area contributed by atoms with Gasteiger partial charge in [0, 0.05) is 0 Å². The molecule has 2 aliphatic rings. The zero-order valence-corrected chi connectivity index (χ0v) is 12.8. The molecule has 2 fully saturated rings. The number of isothiocyanates is 1. The predicted molar refractivity (Wildman–Crippen MR) is 81.0 cm³/mol. The Labute approximate surface area is 117 Å². The second kappa shape index (κ2) is 4.90. The maximum Gasteiger partial charge on any atom is 0.0716 e. The van der Waals surface area contributed by atoms with Crippen LogP contribution in [0.25, 0.3) is 0 Å². The Balaban J connectivity index is 2.31. The van der Waals surface area contributed by atoms with Crippen LogP contribution < -0.4 is 0 Å². The number of allylic oxidation sites excluding steroid dienone is 1. The quantitative estimate of drug-likeness (QED) is 0.386. The van der Waals surface area contributed by atoms with E-state index in [0.717, 1.165) is 0 Å². The lowest BCUT2D eigenvalue weighted by Crippen LogP contribution is -2.50. The Morgan fingerprint density at radius 2 is 2.06 bits per heavy atom. The highest BCUT2D eigenvalue weighted by atomic mass is 32.1. The molecular weight excluding hydrogens is 238 g/mol. The van der Waals surface area contributed by atoms with Gasteiger partial charge in [0.15, 0.2) is 0 Å². The lowest BCUT2D eigenvalue weighted by Gasteiger charge is -2.54. The lowest BCUT2D eigenvalue weighted by molar-refractivity contribution is -0.00705. The molecule has 2 heteroatoms. The fourth-order valence-electron chi connectivity index (χ4n) is 4.38. The molecule has 0 saturated heterocycles. The van der Waals surface area contributed by atoms with Crippen molar-refractivity contribution in [2.45, 2.75) is 64.8 Å². The normalized spacial score (nSPS) is 43.7. The van der Waals surface area contributed by atoms with E-state index >= 15 is 0 Å². The maximum atomic E-state index is 4.88. The molecule has 1 nitrogen and oxygen atoms in total. The van der Waals surface area contributed by atoms with Crippen LogP contribution in [0.3, 0.4) is 0 Å². The van der Waals surface area contributed by atoms with E-state index in [4.69, 9.17) is 12.2 Å². The molecule has 18 heavy (non-hydrogen) atoms. The van der Waals surface area contributed by atoms with Crippen LogP contribution in [0, 0.1) is 17.3 Å². The molecular formula is C16H25NS. The molecule has 0 spiro atoms. The van der Waals surface area contributed by atoms with Crippen molar-refractivity contribution in [2.24, 2.45) is 22.2 Å². The van der Waals surface area contributed by atoms with Crippen molar-refractivity contribution in [3.8, 4) is 0 Å². The summed E-state index contributed by atoms with van der Waals surface area (Å²) in [6, 6.07) is 0. The Morgan fingerprint density at radius 1 is 1.33 bits per heavy atom. The molecule has 100 valence electrons. The Kier molecular flexibility index (Phi) is 3.80. The van der Waals surface area contributed by atoms with Crippen molar-refractivity contribution < 1.29 is 0 Å². The number of thiocarbonyl (C=S) groups is 1. The average Bonchev–Trinajstić information content (AvgIpc) is 2.28. The highest BCUT2D eigenvalue weighted by Crippen LogP contribution is 2.57. The minimum absolute atomic E-state index is 0.0167. The van der Waals surface area contributed by atoms with Gasteiger partial charge in [0.1, 0.15) is 0 Å². The molecule has 0 unspecified atom stereocenters. The van der Waals surface area contributed by atoms with E-state index in [1.807, 2.05) is 0 Å². The maximum absolute atomic E-state index is 4.88. The summed E-state index contributed by atoms with van der Waals surface area (Å²) in [6.07, 6.45) is 7.66. The molecule has 0 aliphatic heterocycles. The van der Waals surface area contributed by atoms with Crippen LogP contribution in [0.5, 0.6) is 0 Å². The number of rotatable bonds is 2. The summed E-state index contributed by atoms with van der Waals surface area (Å²) in [5.74, 6) is 1.32. The summed E-state index contributed by atoms with van der Waals surface area (Å²) in [4.78, 5) is 4.57. The summed E-state index contributed by atoms with van der Waals surface area (Å²) in [7, 11) is 0. The summed E-state index contributed by atoms with van der Waals surface area (Å²) in [6.45, 7) is 11.1. The van der Waals surface area contributed by atoms with Gasteiger partial charge in [-0.05, 0) is 75.4 Å². The van der Waals surface area contributed by atoms with Crippen LogP contribution in [0.15, 0.2) is 17.1 Å². The fourth-order valence-corrected chi connectivity index (χ4v) is 4.59. The van der Waals surface area contributed by atoms with Crippen LogP contribution >= 0.6 is 12.2 Å². The van der Waals surface area contributed by atoms with E-state index in [1.165, 1.54) is 44.1 Å². The molecule has 0 aromatic carbocycles. The third kappa shape index (κ3) is 2.33. The van der Waals surface area contributed by atoms with E-state index in [1.54, 1.807) is 0 Å². The number of aliphatic imine (C=N–C) groups is 1. The average molecular weight is 263 g/mol. The topological polar surface area (TPSA) is 12.4 Å². The van der Waals surface area contributed by atoms with E-state index in [9.17, 15) is 0 Å². The molecule has 0 amide bonds. The van der Waals surface area contributed by atoms with Gasteiger partial charge in [-0.15, -0.1) is 0 Å². The third-order valence-corrected chi connectivity index (χ3v) is 5.70. The Hall–Kier alpha value is -0.460. The van der Waals surface area contributed by atoms with E-state index in [0.29, 0.717) is 17.3 Å². The molecule has 2 rings (SSSR count). The molecule has 2 saturated carbocycles. The molecule has 4 atom stereocenters. The molecule has 0 heterocycles. The van der Waals surface area contributed by atoms with Crippen molar-refractivity contribution in [1.82, 2.24) is 0 Å². The number of hydrogen-bond acceptors (Lipinski definition) is 2. The van der Waals surface area contributed by atoms with Gasteiger partial charge in [-0.25, -0.2) is 4.99 Å². The van der Waals surface area contributed by atoms with Crippen molar-refractivity contribution in [3.05, 3.63) is 12.2 Å². The fraction of sp³-hybridized carbons (Fsp3) is 0.812. The standard InChI is InChI=1S/C16H25NS/c1-12(2)13-6-9-15(3)7-5-8-16(4,17-11-18)14(15)10-13/h13-14H,1,5-10H2,2-4H3/t13-,14-,15-,16-/m1/s1. The largest absolute Gasteiger partial charge is 0.226 e. The van der Waals surface area contributed by atoms with Gasteiger partial charge in [-0.3, -0.25) is 0 Å². The van der Waals surface area contributed by atoms with Crippen molar-refractivity contribution in [2.75, 3.05) is 0 Å². The third-order valence-electron chi connectivity index (χ3n) is 5.60. The molecule has 0 aromatic rings. The zero-order valence-electron chi connectivity index (χ0n) is 12.0. The highest BCUT2D eigenvalue weighted by molar-refractivity contribution is 7.78. The highest BCUT2D eigenvalue weighted by Gasteiger charge is 2.51. The zero-order chi connectivity index (χ0) is 13.4. The van der Waals surface area contributed by atoms with Crippen LogP contribution in [-0.2, 0) is 0 Å². The van der Waals surface area contributed by atoms with Crippen molar-refractivity contribution in [3.63, 3.8) is 0 Å². The first-order chi connectivity index (χ1) is 8.41. The van der Waals surface area contributed by atoms with Crippen molar-refractivity contribution in [1.29, 1.82) is 0 Å². The van der Waals surface area contributed by atoms with E-state index in [-0.39, 0.29) is 5.54 Å². The summed E-state index contributed by atoms with van der Waals surface area (Å²) in [5, 5.41) is 2.66.